The summed E-state index contributed by atoms with van der Waals surface area (Å²) in [6.45, 7) is 0. The van der Waals surface area contributed by atoms with Gasteiger partial charge in [-0.05, 0) is 17.7 Å². The number of imide groups is 1. The topological polar surface area (TPSA) is 54.5 Å². The third kappa shape index (κ3) is 3.06. The molecule has 0 fully saturated rings. The van der Waals surface area contributed by atoms with Crippen molar-refractivity contribution in [1.82, 2.24) is 4.90 Å². The number of rotatable bonds is 5. The summed E-state index contributed by atoms with van der Waals surface area (Å²) >= 11 is 0. The van der Waals surface area contributed by atoms with E-state index in [1.54, 1.807) is 48.5 Å². The number of benzene rings is 3. The van der Waals surface area contributed by atoms with Gasteiger partial charge >= 0.3 is 0 Å². The fraction of sp³-hybridized carbons (Fsp3) is 0.0870. The lowest BCUT2D eigenvalue weighted by Crippen LogP contribution is -2.46. The van der Waals surface area contributed by atoms with E-state index in [0.29, 0.717) is 16.7 Å². The molecule has 1 aliphatic rings. The molecule has 3 aromatic rings. The molecule has 0 aliphatic carbocycles. The number of Topliss-reactive ketones (excluding diaryl/α,β-unsaturated/α-hetero) is 1. The van der Waals surface area contributed by atoms with E-state index in [0.717, 1.165) is 10.5 Å². The number of carbonyl (C=O) groups excluding carboxylic acids is 3. The van der Waals surface area contributed by atoms with E-state index in [-0.39, 0.29) is 12.2 Å². The predicted molar refractivity (Wildman–Crippen MR) is 102 cm³/mol. The molecule has 2 amide bonds. The van der Waals surface area contributed by atoms with Gasteiger partial charge in [0, 0.05) is 12.0 Å². The number of nitrogens with zero attached hydrogens (tertiary/aromatic N) is 1. The molecule has 0 aromatic heterocycles. The van der Waals surface area contributed by atoms with Gasteiger partial charge in [0.05, 0.1) is 11.1 Å². The Balaban J connectivity index is 1.76. The molecule has 0 saturated heterocycles. The van der Waals surface area contributed by atoms with Crippen LogP contribution < -0.4 is 0 Å². The van der Waals surface area contributed by atoms with E-state index in [2.05, 4.69) is 0 Å². The van der Waals surface area contributed by atoms with Crippen molar-refractivity contribution in [3.8, 4) is 0 Å². The summed E-state index contributed by atoms with van der Waals surface area (Å²) in [6, 6.07) is 24.0. The Kier molecular flexibility index (Phi) is 4.38. The first-order chi connectivity index (χ1) is 13.2. The highest BCUT2D eigenvalue weighted by Gasteiger charge is 2.42. The van der Waals surface area contributed by atoms with Crippen molar-refractivity contribution in [1.29, 1.82) is 0 Å². The van der Waals surface area contributed by atoms with Crippen LogP contribution in [0.3, 0.4) is 0 Å². The number of hydrogen-bond acceptors (Lipinski definition) is 3. The Hall–Kier alpha value is -3.53. The zero-order valence-corrected chi connectivity index (χ0v) is 14.5. The van der Waals surface area contributed by atoms with Gasteiger partial charge in [-0.25, -0.2) is 0 Å². The number of amides is 2. The van der Waals surface area contributed by atoms with Gasteiger partial charge in [-0.1, -0.05) is 72.8 Å². The van der Waals surface area contributed by atoms with Crippen molar-refractivity contribution in [2.24, 2.45) is 0 Å². The van der Waals surface area contributed by atoms with E-state index in [9.17, 15) is 14.4 Å². The molecule has 132 valence electrons. The molecular weight excluding hydrogens is 338 g/mol. The lowest BCUT2D eigenvalue weighted by atomic mass is 9.96. The molecular formula is C23H17NO3. The summed E-state index contributed by atoms with van der Waals surface area (Å²) in [5, 5.41) is 0. The predicted octanol–water partition coefficient (Wildman–Crippen LogP) is 3.78. The molecule has 27 heavy (non-hydrogen) atoms. The summed E-state index contributed by atoms with van der Waals surface area (Å²) in [5.41, 5.74) is 2.07. The zero-order valence-electron chi connectivity index (χ0n) is 14.5. The van der Waals surface area contributed by atoms with Gasteiger partial charge in [0.1, 0.15) is 6.04 Å². The number of hydrogen-bond donors (Lipinski definition) is 0. The molecule has 1 unspecified atom stereocenters. The molecule has 0 spiro atoms. The maximum Gasteiger partial charge on any atom is 0.262 e. The van der Waals surface area contributed by atoms with Gasteiger partial charge in [-0.15, -0.1) is 0 Å². The molecule has 0 N–H and O–H groups in total. The highest BCUT2D eigenvalue weighted by atomic mass is 16.2. The first-order valence-electron chi connectivity index (χ1n) is 8.77. The maximum atomic E-state index is 13.2. The van der Waals surface area contributed by atoms with E-state index in [4.69, 9.17) is 0 Å². The Morgan fingerprint density at radius 3 is 1.74 bits per heavy atom. The summed E-state index contributed by atoms with van der Waals surface area (Å²) in [6.07, 6.45) is 0.278. The summed E-state index contributed by atoms with van der Waals surface area (Å²) < 4.78 is 0. The molecule has 4 rings (SSSR count). The third-order valence-corrected chi connectivity index (χ3v) is 4.77. The highest BCUT2D eigenvalue weighted by Crippen LogP contribution is 2.27. The lowest BCUT2D eigenvalue weighted by Gasteiger charge is -2.25. The Labute approximate surface area is 157 Å². The summed E-state index contributed by atoms with van der Waals surface area (Å²) in [7, 11) is 0. The fourth-order valence-electron chi connectivity index (χ4n) is 3.42. The van der Waals surface area contributed by atoms with Crippen molar-refractivity contribution < 1.29 is 14.4 Å². The van der Waals surface area contributed by atoms with Crippen molar-refractivity contribution in [3.63, 3.8) is 0 Å². The van der Waals surface area contributed by atoms with Crippen LogP contribution in [0.5, 0.6) is 0 Å². The average Bonchev–Trinajstić information content (AvgIpc) is 2.98. The van der Waals surface area contributed by atoms with Crippen LogP contribution in [0.4, 0.5) is 0 Å². The molecule has 4 heteroatoms. The minimum atomic E-state index is -0.887. The van der Waals surface area contributed by atoms with Crippen molar-refractivity contribution in [2.75, 3.05) is 0 Å². The van der Waals surface area contributed by atoms with Crippen molar-refractivity contribution in [3.05, 3.63) is 107 Å². The van der Waals surface area contributed by atoms with Gasteiger partial charge < -0.3 is 0 Å². The van der Waals surface area contributed by atoms with Gasteiger partial charge in [-0.3, -0.25) is 19.3 Å². The second-order valence-electron chi connectivity index (χ2n) is 6.46. The Morgan fingerprint density at radius 2 is 1.19 bits per heavy atom. The van der Waals surface area contributed by atoms with Gasteiger partial charge in [0.25, 0.3) is 11.8 Å². The maximum absolute atomic E-state index is 13.2. The molecule has 4 nitrogen and oxygen atoms in total. The largest absolute Gasteiger partial charge is 0.292 e. The van der Waals surface area contributed by atoms with E-state index < -0.39 is 17.9 Å². The summed E-state index contributed by atoms with van der Waals surface area (Å²) in [5.74, 6) is -1.07. The van der Waals surface area contributed by atoms with Crippen LogP contribution in [0.15, 0.2) is 84.9 Å². The minimum Gasteiger partial charge on any atom is -0.292 e. The molecule has 0 radical (unpaired) electrons. The normalized spacial score (nSPS) is 14.1. The molecule has 3 aromatic carbocycles. The molecule has 1 atom stereocenters. The minimum absolute atomic E-state index is 0.242. The van der Waals surface area contributed by atoms with Crippen LogP contribution in [0.2, 0.25) is 0 Å². The standard InChI is InChI=1S/C23H17NO3/c25-21(17-11-5-2-6-12-17)20(15-16-9-3-1-4-10-16)24-22(26)18-13-7-8-14-19(18)23(24)27/h1-14,20H,15H2. The SMILES string of the molecule is O=C(c1ccccc1)C(Cc1ccccc1)N1C(=O)c2ccccc2C1=O. The first kappa shape index (κ1) is 16.9. The fourth-order valence-corrected chi connectivity index (χ4v) is 3.42. The van der Waals surface area contributed by atoms with E-state index in [1.807, 2.05) is 36.4 Å². The quantitative estimate of drug-likeness (QED) is 0.517. The second-order valence-corrected chi connectivity index (χ2v) is 6.46. The van der Waals surface area contributed by atoms with Crippen LogP contribution in [0.25, 0.3) is 0 Å². The zero-order chi connectivity index (χ0) is 18.8. The van der Waals surface area contributed by atoms with E-state index in [1.165, 1.54) is 0 Å². The van der Waals surface area contributed by atoms with Crippen LogP contribution in [0.1, 0.15) is 36.6 Å². The second kappa shape index (κ2) is 7.00. The summed E-state index contributed by atoms with van der Waals surface area (Å²) in [4.78, 5) is 40.2. The van der Waals surface area contributed by atoms with Gasteiger partial charge in [-0.2, -0.15) is 0 Å². The Bertz CT molecular complexity index is 977. The van der Waals surface area contributed by atoms with Crippen LogP contribution in [0, 0.1) is 0 Å². The van der Waals surface area contributed by atoms with E-state index >= 15 is 0 Å². The molecule has 0 saturated carbocycles. The van der Waals surface area contributed by atoms with Crippen LogP contribution >= 0.6 is 0 Å². The molecule has 1 heterocycles. The number of fused-ring (bicyclic) bond motifs is 1. The molecule has 1 aliphatic heterocycles. The van der Waals surface area contributed by atoms with Crippen LogP contribution in [-0.4, -0.2) is 28.5 Å². The third-order valence-electron chi connectivity index (χ3n) is 4.77. The molecule has 0 bridgehead atoms. The highest BCUT2D eigenvalue weighted by molar-refractivity contribution is 6.23. The van der Waals surface area contributed by atoms with Crippen molar-refractivity contribution >= 4 is 17.6 Å². The number of carbonyl (C=O) groups is 3. The van der Waals surface area contributed by atoms with Crippen molar-refractivity contribution in [2.45, 2.75) is 12.5 Å². The Morgan fingerprint density at radius 1 is 0.704 bits per heavy atom. The van der Waals surface area contributed by atoms with Crippen LogP contribution in [-0.2, 0) is 6.42 Å². The van der Waals surface area contributed by atoms with Gasteiger partial charge in [0.2, 0.25) is 0 Å². The average molecular weight is 355 g/mol. The smallest absolute Gasteiger partial charge is 0.262 e. The lowest BCUT2D eigenvalue weighted by molar-refractivity contribution is 0.0540. The monoisotopic (exact) mass is 355 g/mol. The first-order valence-corrected chi connectivity index (χ1v) is 8.77. The van der Waals surface area contributed by atoms with Gasteiger partial charge in [0.15, 0.2) is 5.78 Å². The number of ketones is 1.